The average Bonchev–Trinajstić information content (AvgIpc) is 3.17. The van der Waals surface area contributed by atoms with Crippen molar-refractivity contribution < 1.29 is 29.3 Å². The summed E-state index contributed by atoms with van der Waals surface area (Å²) in [7, 11) is 0. The molecule has 0 heterocycles. The van der Waals surface area contributed by atoms with Crippen LogP contribution in [0.2, 0.25) is 0 Å². The lowest BCUT2D eigenvalue weighted by atomic mass is 9.92. The molecule has 316 valence electrons. The van der Waals surface area contributed by atoms with Crippen LogP contribution in [0.3, 0.4) is 0 Å². The average molecular weight is 753 g/mol. The van der Waals surface area contributed by atoms with Gasteiger partial charge < -0.3 is 19.7 Å². The van der Waals surface area contributed by atoms with Crippen molar-refractivity contribution in [1.29, 1.82) is 0 Å². The van der Waals surface area contributed by atoms with Gasteiger partial charge in [-0.3, -0.25) is 9.59 Å². The fourth-order valence-electron chi connectivity index (χ4n) is 7.23. The molecule has 0 aliphatic heterocycles. The second-order valence-corrected chi connectivity index (χ2v) is 16.7. The predicted molar refractivity (Wildman–Crippen MR) is 225 cm³/mol. The summed E-state index contributed by atoms with van der Waals surface area (Å²) in [4.78, 5) is 24.7. The van der Waals surface area contributed by atoms with Crippen LogP contribution in [-0.2, 0) is 19.1 Å². The van der Waals surface area contributed by atoms with Crippen molar-refractivity contribution in [3.63, 3.8) is 0 Å². The van der Waals surface area contributed by atoms with E-state index in [-0.39, 0.29) is 25.2 Å². The summed E-state index contributed by atoms with van der Waals surface area (Å²) in [6.07, 6.45) is 47.6. The standard InChI is InChI=1S/C47H92O6/c1-3-5-7-9-11-13-15-17-19-21-23-25-27-29-31-33-35-37-39-45(50)52-43-47(41-48,42-49)44-53-46(51)40-38-36-34-32-30-28-26-24-22-20-18-16-14-12-10-8-6-4-2/h48-49H,3-44H2,1-2H3. The van der Waals surface area contributed by atoms with Gasteiger partial charge in [0.15, 0.2) is 0 Å². The van der Waals surface area contributed by atoms with Gasteiger partial charge in [0.25, 0.3) is 0 Å². The van der Waals surface area contributed by atoms with Crippen molar-refractivity contribution in [2.45, 2.75) is 258 Å². The van der Waals surface area contributed by atoms with Crippen molar-refractivity contribution >= 4 is 11.9 Å². The van der Waals surface area contributed by atoms with Gasteiger partial charge in [-0.1, -0.05) is 232 Å². The van der Waals surface area contributed by atoms with Crippen LogP contribution in [0.15, 0.2) is 0 Å². The third-order valence-corrected chi connectivity index (χ3v) is 11.2. The van der Waals surface area contributed by atoms with Crippen LogP contribution in [0.1, 0.15) is 258 Å². The maximum Gasteiger partial charge on any atom is 0.305 e. The molecule has 0 fully saturated rings. The van der Waals surface area contributed by atoms with E-state index in [1.54, 1.807) is 0 Å². The van der Waals surface area contributed by atoms with Crippen molar-refractivity contribution in [3.05, 3.63) is 0 Å². The molecule has 0 aliphatic rings. The lowest BCUT2D eigenvalue weighted by Gasteiger charge is -2.28. The molecule has 0 aromatic carbocycles. The van der Waals surface area contributed by atoms with Gasteiger partial charge in [-0.25, -0.2) is 0 Å². The van der Waals surface area contributed by atoms with Crippen molar-refractivity contribution in [2.24, 2.45) is 5.41 Å². The molecule has 6 heteroatoms. The Morgan fingerprint density at radius 3 is 0.717 bits per heavy atom. The molecule has 0 saturated carbocycles. The highest BCUT2D eigenvalue weighted by atomic mass is 16.5. The van der Waals surface area contributed by atoms with E-state index in [2.05, 4.69) is 13.8 Å². The van der Waals surface area contributed by atoms with Gasteiger partial charge in [-0.15, -0.1) is 0 Å². The van der Waals surface area contributed by atoms with Crippen LogP contribution >= 0.6 is 0 Å². The molecule has 0 radical (unpaired) electrons. The molecule has 0 bridgehead atoms. The van der Waals surface area contributed by atoms with Crippen molar-refractivity contribution in [2.75, 3.05) is 26.4 Å². The molecule has 0 aliphatic carbocycles. The van der Waals surface area contributed by atoms with Crippen LogP contribution in [-0.4, -0.2) is 48.6 Å². The van der Waals surface area contributed by atoms with E-state index in [9.17, 15) is 19.8 Å². The van der Waals surface area contributed by atoms with Crippen LogP contribution in [0.4, 0.5) is 0 Å². The normalized spacial score (nSPS) is 11.7. The van der Waals surface area contributed by atoms with Crippen molar-refractivity contribution in [1.82, 2.24) is 0 Å². The minimum Gasteiger partial charge on any atom is -0.465 e. The van der Waals surface area contributed by atoms with E-state index >= 15 is 0 Å². The minimum atomic E-state index is -1.16. The van der Waals surface area contributed by atoms with E-state index < -0.39 is 18.6 Å². The summed E-state index contributed by atoms with van der Waals surface area (Å²) in [6, 6.07) is 0. The van der Waals surface area contributed by atoms with E-state index in [1.807, 2.05) is 0 Å². The third kappa shape index (κ3) is 37.6. The first kappa shape index (κ1) is 51.9. The van der Waals surface area contributed by atoms with Crippen molar-refractivity contribution in [3.8, 4) is 0 Å². The van der Waals surface area contributed by atoms with E-state index in [0.29, 0.717) is 12.8 Å². The number of aliphatic hydroxyl groups excluding tert-OH is 2. The number of esters is 2. The predicted octanol–water partition coefficient (Wildman–Crippen LogP) is 13.9. The zero-order valence-corrected chi connectivity index (χ0v) is 35.7. The number of rotatable bonds is 44. The van der Waals surface area contributed by atoms with Gasteiger partial charge in [0.2, 0.25) is 0 Å². The summed E-state index contributed by atoms with van der Waals surface area (Å²) in [5, 5.41) is 19.9. The Labute approximate surface area is 330 Å². The molecule has 0 rings (SSSR count). The molecule has 0 aromatic rings. The van der Waals surface area contributed by atoms with Gasteiger partial charge >= 0.3 is 11.9 Å². The molecule has 6 nitrogen and oxygen atoms in total. The Morgan fingerprint density at radius 2 is 0.528 bits per heavy atom. The van der Waals surface area contributed by atoms with Gasteiger partial charge in [0.1, 0.15) is 13.2 Å². The minimum absolute atomic E-state index is 0.148. The summed E-state index contributed by atoms with van der Waals surface area (Å²) >= 11 is 0. The van der Waals surface area contributed by atoms with E-state index in [4.69, 9.17) is 9.47 Å². The first-order valence-corrected chi connectivity index (χ1v) is 23.6. The van der Waals surface area contributed by atoms with Gasteiger partial charge in [0, 0.05) is 12.8 Å². The number of hydrogen-bond donors (Lipinski definition) is 2. The molecule has 0 unspecified atom stereocenters. The molecule has 53 heavy (non-hydrogen) atoms. The Bertz CT molecular complexity index is 693. The molecule has 0 aromatic heterocycles. The highest BCUT2D eigenvalue weighted by Gasteiger charge is 2.33. The summed E-state index contributed by atoms with van der Waals surface area (Å²) in [5.41, 5.74) is -1.16. The quantitative estimate of drug-likeness (QED) is 0.0475. The largest absolute Gasteiger partial charge is 0.465 e. The Balaban J connectivity index is 3.66. The van der Waals surface area contributed by atoms with E-state index in [0.717, 1.165) is 38.5 Å². The molecular formula is C47H92O6. The number of unbranched alkanes of at least 4 members (excludes halogenated alkanes) is 34. The highest BCUT2D eigenvalue weighted by Crippen LogP contribution is 2.20. The molecule has 2 N–H and O–H groups in total. The Hall–Kier alpha value is -1.14. The number of carbonyl (C=O) groups excluding carboxylic acids is 2. The zero-order valence-electron chi connectivity index (χ0n) is 35.7. The highest BCUT2D eigenvalue weighted by molar-refractivity contribution is 5.69. The Morgan fingerprint density at radius 1 is 0.340 bits per heavy atom. The maximum absolute atomic E-state index is 12.3. The van der Waals surface area contributed by atoms with E-state index in [1.165, 1.54) is 193 Å². The number of ether oxygens (including phenoxy) is 2. The fourth-order valence-corrected chi connectivity index (χ4v) is 7.23. The van der Waals surface area contributed by atoms with Gasteiger partial charge in [-0.2, -0.15) is 0 Å². The third-order valence-electron chi connectivity index (χ3n) is 11.2. The topological polar surface area (TPSA) is 93.1 Å². The second-order valence-electron chi connectivity index (χ2n) is 16.7. The van der Waals surface area contributed by atoms with Gasteiger partial charge in [0.05, 0.1) is 18.6 Å². The zero-order chi connectivity index (χ0) is 38.8. The molecule has 0 saturated heterocycles. The number of carbonyl (C=O) groups is 2. The van der Waals surface area contributed by atoms with Crippen LogP contribution in [0.5, 0.6) is 0 Å². The SMILES string of the molecule is CCCCCCCCCCCCCCCCCCCCC(=O)OCC(CO)(CO)COC(=O)CCCCCCCCCCCCCCCCCCCC. The van der Waals surface area contributed by atoms with Crippen LogP contribution < -0.4 is 0 Å². The molecule has 0 spiro atoms. The summed E-state index contributed by atoms with van der Waals surface area (Å²) in [5.74, 6) is -0.643. The smallest absolute Gasteiger partial charge is 0.305 e. The summed E-state index contributed by atoms with van der Waals surface area (Å²) < 4.78 is 10.8. The monoisotopic (exact) mass is 753 g/mol. The first-order valence-electron chi connectivity index (χ1n) is 23.6. The molecular weight excluding hydrogens is 661 g/mol. The second kappa shape index (κ2) is 42.0. The van der Waals surface area contributed by atoms with Gasteiger partial charge in [-0.05, 0) is 12.8 Å². The fraction of sp³-hybridized carbons (Fsp3) is 0.957. The lowest BCUT2D eigenvalue weighted by Crippen LogP contribution is -2.41. The molecule has 0 amide bonds. The maximum atomic E-state index is 12.3. The van der Waals surface area contributed by atoms with Crippen LogP contribution in [0, 0.1) is 5.41 Å². The number of hydrogen-bond acceptors (Lipinski definition) is 6. The first-order chi connectivity index (χ1) is 26.0. The van der Waals surface area contributed by atoms with Crippen LogP contribution in [0.25, 0.3) is 0 Å². The summed E-state index contributed by atoms with van der Waals surface area (Å²) in [6.45, 7) is 3.43. The lowest BCUT2D eigenvalue weighted by molar-refractivity contribution is -0.159. The molecule has 0 atom stereocenters. The Kier molecular flexibility index (Phi) is 41.1. The number of aliphatic hydroxyl groups is 2.